The van der Waals surface area contributed by atoms with E-state index < -0.39 is 0 Å². The number of rotatable bonds is 2. The van der Waals surface area contributed by atoms with Crippen molar-refractivity contribution in [2.75, 3.05) is 13.2 Å². The van der Waals surface area contributed by atoms with E-state index in [0.29, 0.717) is 12.5 Å². The molecule has 2 fully saturated rings. The number of carbonyl (C=O) groups is 1. The van der Waals surface area contributed by atoms with Gasteiger partial charge in [0.2, 0.25) is 0 Å². The average molecular weight is 197 g/mol. The van der Waals surface area contributed by atoms with Crippen molar-refractivity contribution >= 4 is 5.97 Å². The molecule has 3 nitrogen and oxygen atoms in total. The van der Waals surface area contributed by atoms with Gasteiger partial charge in [-0.1, -0.05) is 12.8 Å². The molecule has 0 aromatic heterocycles. The monoisotopic (exact) mass is 197 g/mol. The number of fused-ring (bicyclic) bond motifs is 1. The van der Waals surface area contributed by atoms with Crippen molar-refractivity contribution in [1.82, 2.24) is 5.32 Å². The van der Waals surface area contributed by atoms with Crippen LogP contribution in [0.2, 0.25) is 0 Å². The van der Waals surface area contributed by atoms with Crippen LogP contribution in [0.15, 0.2) is 0 Å². The van der Waals surface area contributed by atoms with Crippen LogP contribution >= 0.6 is 0 Å². The second-order valence-electron chi connectivity index (χ2n) is 4.35. The molecule has 14 heavy (non-hydrogen) atoms. The second-order valence-corrected chi connectivity index (χ2v) is 4.35. The Bertz CT molecular complexity index is 217. The van der Waals surface area contributed by atoms with Gasteiger partial charge in [-0.15, -0.1) is 0 Å². The van der Waals surface area contributed by atoms with Gasteiger partial charge in [-0.25, -0.2) is 0 Å². The summed E-state index contributed by atoms with van der Waals surface area (Å²) in [5, 5.41) is 3.31. The van der Waals surface area contributed by atoms with E-state index in [1.165, 1.54) is 25.7 Å². The Morgan fingerprint density at radius 2 is 2.21 bits per heavy atom. The predicted molar refractivity (Wildman–Crippen MR) is 53.9 cm³/mol. The van der Waals surface area contributed by atoms with Crippen molar-refractivity contribution in [2.24, 2.45) is 11.8 Å². The summed E-state index contributed by atoms with van der Waals surface area (Å²) in [6.07, 6.45) is 5.09. The van der Waals surface area contributed by atoms with E-state index in [0.717, 1.165) is 12.5 Å². The molecule has 2 rings (SSSR count). The molecule has 1 saturated heterocycles. The summed E-state index contributed by atoms with van der Waals surface area (Å²) in [5.41, 5.74) is 0. The SMILES string of the molecule is CCOC(=O)C1NC[C@@H]2CCCC[C@H]12. The van der Waals surface area contributed by atoms with Gasteiger partial charge >= 0.3 is 5.97 Å². The Kier molecular flexibility index (Phi) is 3.06. The highest BCUT2D eigenvalue weighted by molar-refractivity contribution is 5.76. The molecule has 1 aliphatic heterocycles. The van der Waals surface area contributed by atoms with E-state index in [-0.39, 0.29) is 12.0 Å². The molecule has 0 spiro atoms. The minimum atomic E-state index is -0.0399. The van der Waals surface area contributed by atoms with Gasteiger partial charge in [-0.05, 0) is 38.1 Å². The average Bonchev–Trinajstić information content (AvgIpc) is 2.61. The second kappa shape index (κ2) is 4.30. The predicted octanol–water partition coefficient (Wildman–Crippen LogP) is 1.33. The van der Waals surface area contributed by atoms with E-state index in [2.05, 4.69) is 5.32 Å². The van der Waals surface area contributed by atoms with Crippen LogP contribution < -0.4 is 5.32 Å². The fraction of sp³-hybridized carbons (Fsp3) is 0.909. The van der Waals surface area contributed by atoms with Crippen LogP contribution in [0.25, 0.3) is 0 Å². The maximum atomic E-state index is 11.6. The Labute approximate surface area is 85.2 Å². The van der Waals surface area contributed by atoms with Gasteiger partial charge in [-0.3, -0.25) is 4.79 Å². The maximum Gasteiger partial charge on any atom is 0.323 e. The molecule has 0 aromatic rings. The maximum absolute atomic E-state index is 11.6. The summed E-state index contributed by atoms with van der Waals surface area (Å²) in [4.78, 5) is 11.6. The molecule has 0 bridgehead atoms. The molecule has 80 valence electrons. The van der Waals surface area contributed by atoms with Crippen molar-refractivity contribution in [3.63, 3.8) is 0 Å². The van der Waals surface area contributed by atoms with E-state index in [9.17, 15) is 4.79 Å². The highest BCUT2D eigenvalue weighted by atomic mass is 16.5. The molecule has 1 heterocycles. The first kappa shape index (κ1) is 9.97. The first-order chi connectivity index (χ1) is 6.83. The van der Waals surface area contributed by atoms with Crippen molar-refractivity contribution in [2.45, 2.75) is 38.6 Å². The normalized spacial score (nSPS) is 36.5. The summed E-state index contributed by atoms with van der Waals surface area (Å²) < 4.78 is 5.07. The molecule has 0 aromatic carbocycles. The fourth-order valence-corrected chi connectivity index (χ4v) is 2.85. The molecule has 1 saturated carbocycles. The van der Waals surface area contributed by atoms with E-state index >= 15 is 0 Å². The molecular weight excluding hydrogens is 178 g/mol. The van der Waals surface area contributed by atoms with Crippen molar-refractivity contribution in [3.8, 4) is 0 Å². The van der Waals surface area contributed by atoms with Crippen LogP contribution in [0.5, 0.6) is 0 Å². The molecular formula is C11H19NO2. The zero-order chi connectivity index (χ0) is 9.97. The molecule has 3 heteroatoms. The van der Waals surface area contributed by atoms with Crippen LogP contribution in [-0.2, 0) is 9.53 Å². The lowest BCUT2D eigenvalue weighted by atomic mass is 9.78. The number of ether oxygens (including phenoxy) is 1. The van der Waals surface area contributed by atoms with Crippen molar-refractivity contribution < 1.29 is 9.53 Å². The number of hydrogen-bond acceptors (Lipinski definition) is 3. The molecule has 3 atom stereocenters. The smallest absolute Gasteiger partial charge is 0.323 e. The van der Waals surface area contributed by atoms with Crippen LogP contribution in [0.3, 0.4) is 0 Å². The lowest BCUT2D eigenvalue weighted by Gasteiger charge is -2.26. The van der Waals surface area contributed by atoms with E-state index in [1.807, 2.05) is 6.92 Å². The number of hydrogen-bond donors (Lipinski definition) is 1. The standard InChI is InChI=1S/C11H19NO2/c1-2-14-11(13)10-9-6-4-3-5-8(9)7-12-10/h8-10,12H,2-7H2,1H3/t8-,9-,10?/m0/s1. The van der Waals surface area contributed by atoms with Gasteiger partial charge in [0, 0.05) is 0 Å². The highest BCUT2D eigenvalue weighted by Crippen LogP contribution is 2.36. The zero-order valence-corrected chi connectivity index (χ0v) is 8.79. The van der Waals surface area contributed by atoms with Crippen LogP contribution in [0.1, 0.15) is 32.6 Å². The fourth-order valence-electron chi connectivity index (χ4n) is 2.85. The Hall–Kier alpha value is -0.570. The first-order valence-corrected chi connectivity index (χ1v) is 5.73. The molecule has 1 unspecified atom stereocenters. The third-order valence-electron chi connectivity index (χ3n) is 3.54. The Morgan fingerprint density at radius 1 is 1.43 bits per heavy atom. The third kappa shape index (κ3) is 1.78. The van der Waals surface area contributed by atoms with E-state index in [1.54, 1.807) is 0 Å². The summed E-state index contributed by atoms with van der Waals surface area (Å²) in [6.45, 7) is 3.37. The molecule has 0 radical (unpaired) electrons. The molecule has 1 N–H and O–H groups in total. The number of esters is 1. The van der Waals surface area contributed by atoms with Crippen molar-refractivity contribution in [3.05, 3.63) is 0 Å². The molecule has 0 amide bonds. The van der Waals surface area contributed by atoms with Crippen molar-refractivity contribution in [1.29, 1.82) is 0 Å². The van der Waals surface area contributed by atoms with Gasteiger partial charge in [-0.2, -0.15) is 0 Å². The van der Waals surface area contributed by atoms with Gasteiger partial charge in [0.15, 0.2) is 0 Å². The number of carbonyl (C=O) groups excluding carboxylic acids is 1. The molecule has 1 aliphatic carbocycles. The summed E-state index contributed by atoms with van der Waals surface area (Å²) in [7, 11) is 0. The van der Waals surface area contributed by atoms with Crippen LogP contribution in [-0.4, -0.2) is 25.2 Å². The zero-order valence-electron chi connectivity index (χ0n) is 8.79. The number of nitrogens with one attached hydrogen (secondary N) is 1. The van der Waals surface area contributed by atoms with Gasteiger partial charge < -0.3 is 10.1 Å². The van der Waals surface area contributed by atoms with Crippen LogP contribution in [0, 0.1) is 11.8 Å². The lowest BCUT2D eigenvalue weighted by molar-refractivity contribution is -0.146. The van der Waals surface area contributed by atoms with Gasteiger partial charge in [0.25, 0.3) is 0 Å². The van der Waals surface area contributed by atoms with Gasteiger partial charge in [0.1, 0.15) is 6.04 Å². The lowest BCUT2D eigenvalue weighted by Crippen LogP contribution is -2.38. The Balaban J connectivity index is 1.96. The summed E-state index contributed by atoms with van der Waals surface area (Å²) >= 11 is 0. The topological polar surface area (TPSA) is 38.3 Å². The summed E-state index contributed by atoms with van der Waals surface area (Å²) in [6, 6.07) is -0.0137. The minimum Gasteiger partial charge on any atom is -0.465 e. The van der Waals surface area contributed by atoms with E-state index in [4.69, 9.17) is 4.74 Å². The largest absolute Gasteiger partial charge is 0.465 e. The first-order valence-electron chi connectivity index (χ1n) is 5.73. The molecule has 2 aliphatic rings. The summed E-state index contributed by atoms with van der Waals surface area (Å²) in [5.74, 6) is 1.22. The third-order valence-corrected chi connectivity index (χ3v) is 3.54. The Morgan fingerprint density at radius 3 is 3.00 bits per heavy atom. The van der Waals surface area contributed by atoms with Crippen LogP contribution in [0.4, 0.5) is 0 Å². The van der Waals surface area contributed by atoms with Gasteiger partial charge in [0.05, 0.1) is 6.61 Å². The minimum absolute atomic E-state index is 0.0137. The quantitative estimate of drug-likeness (QED) is 0.679. The highest BCUT2D eigenvalue weighted by Gasteiger charge is 2.41.